The molecule has 0 saturated carbocycles. The second-order valence-corrected chi connectivity index (χ2v) is 7.85. The van der Waals surface area contributed by atoms with E-state index in [1.807, 2.05) is 11.3 Å². The molecule has 2 heterocycles. The van der Waals surface area contributed by atoms with Gasteiger partial charge in [0.05, 0.1) is 15.4 Å². The molecule has 18 heavy (non-hydrogen) atoms. The summed E-state index contributed by atoms with van der Waals surface area (Å²) in [5, 5.41) is 3.68. The maximum atomic E-state index is 6.05. The van der Waals surface area contributed by atoms with Crippen LogP contribution in [0.4, 0.5) is 0 Å². The molecule has 1 aliphatic rings. The maximum Gasteiger partial charge on any atom is 0.0849 e. The number of thiophene rings is 1. The number of halogens is 1. The lowest BCUT2D eigenvalue weighted by molar-refractivity contribution is -0.0125. The van der Waals surface area contributed by atoms with Gasteiger partial charge >= 0.3 is 0 Å². The van der Waals surface area contributed by atoms with Gasteiger partial charge in [-0.3, -0.25) is 0 Å². The zero-order valence-corrected chi connectivity index (χ0v) is 13.8. The first-order valence-corrected chi connectivity index (χ1v) is 8.31. The predicted molar refractivity (Wildman–Crippen MR) is 81.4 cm³/mol. The molecule has 1 fully saturated rings. The topological polar surface area (TPSA) is 21.3 Å². The van der Waals surface area contributed by atoms with Gasteiger partial charge in [0.25, 0.3) is 0 Å². The van der Waals surface area contributed by atoms with Crippen LogP contribution in [0.15, 0.2) is 9.85 Å². The Morgan fingerprint density at radius 3 is 2.89 bits per heavy atom. The van der Waals surface area contributed by atoms with Crippen molar-refractivity contribution in [2.45, 2.75) is 51.7 Å². The molecule has 0 radical (unpaired) electrons. The van der Waals surface area contributed by atoms with E-state index in [4.69, 9.17) is 4.74 Å². The van der Waals surface area contributed by atoms with E-state index in [2.05, 4.69) is 48.1 Å². The van der Waals surface area contributed by atoms with Crippen molar-refractivity contribution in [1.29, 1.82) is 0 Å². The van der Waals surface area contributed by atoms with Crippen LogP contribution in [0.5, 0.6) is 0 Å². The fourth-order valence-electron chi connectivity index (χ4n) is 2.72. The summed E-state index contributed by atoms with van der Waals surface area (Å²) in [5.74, 6) is 0. The van der Waals surface area contributed by atoms with Crippen LogP contribution in [0.1, 0.15) is 49.6 Å². The van der Waals surface area contributed by atoms with Gasteiger partial charge in [0.2, 0.25) is 0 Å². The minimum Gasteiger partial charge on any atom is -0.373 e. The van der Waals surface area contributed by atoms with Crippen molar-refractivity contribution in [3.63, 3.8) is 0 Å². The van der Waals surface area contributed by atoms with E-state index >= 15 is 0 Å². The number of hydrogen-bond donors (Lipinski definition) is 1. The Balaban J connectivity index is 2.27. The fourth-order valence-corrected chi connectivity index (χ4v) is 4.47. The van der Waals surface area contributed by atoms with Crippen molar-refractivity contribution >= 4 is 27.3 Å². The van der Waals surface area contributed by atoms with Gasteiger partial charge in [0.15, 0.2) is 0 Å². The molecular formula is C14H22BrNOS. The Morgan fingerprint density at radius 2 is 2.39 bits per heavy atom. The Bertz CT molecular complexity index is 398. The molecule has 2 rings (SSSR count). The molecule has 1 aromatic heterocycles. The van der Waals surface area contributed by atoms with E-state index < -0.39 is 0 Å². The van der Waals surface area contributed by atoms with E-state index in [9.17, 15) is 0 Å². The standard InChI is InChI=1S/C14H22BrNOS/c1-4-7-16-13(14(3)6-5-8-17-14)11-9-12(15)18-10(11)2/h9,13,16H,4-8H2,1-3H3. The molecule has 2 unspecified atom stereocenters. The molecule has 2 atom stereocenters. The summed E-state index contributed by atoms with van der Waals surface area (Å²) < 4.78 is 7.25. The Labute approximate surface area is 122 Å². The lowest BCUT2D eigenvalue weighted by Crippen LogP contribution is -2.41. The quantitative estimate of drug-likeness (QED) is 0.861. The van der Waals surface area contributed by atoms with Crippen LogP contribution in [-0.4, -0.2) is 18.8 Å². The lowest BCUT2D eigenvalue weighted by Gasteiger charge is -2.34. The molecule has 1 aliphatic heterocycles. The SMILES string of the molecule is CCCNC(c1cc(Br)sc1C)C1(C)CCCO1. The van der Waals surface area contributed by atoms with E-state index in [0.29, 0.717) is 6.04 Å². The third-order valence-electron chi connectivity index (χ3n) is 3.70. The summed E-state index contributed by atoms with van der Waals surface area (Å²) >= 11 is 5.41. The molecule has 0 bridgehead atoms. The highest BCUT2D eigenvalue weighted by Gasteiger charge is 2.40. The average molecular weight is 332 g/mol. The van der Waals surface area contributed by atoms with Crippen molar-refractivity contribution in [3.8, 4) is 0 Å². The Hall–Kier alpha value is 0.1000. The summed E-state index contributed by atoms with van der Waals surface area (Å²) in [7, 11) is 0. The summed E-state index contributed by atoms with van der Waals surface area (Å²) in [6.45, 7) is 8.59. The number of rotatable bonds is 5. The summed E-state index contributed by atoms with van der Waals surface area (Å²) in [6.07, 6.45) is 3.46. The number of hydrogen-bond acceptors (Lipinski definition) is 3. The van der Waals surface area contributed by atoms with Crippen LogP contribution in [0.3, 0.4) is 0 Å². The van der Waals surface area contributed by atoms with Gasteiger partial charge < -0.3 is 10.1 Å². The van der Waals surface area contributed by atoms with Gasteiger partial charge in [0.1, 0.15) is 0 Å². The van der Waals surface area contributed by atoms with Crippen LogP contribution in [-0.2, 0) is 4.74 Å². The molecule has 0 amide bonds. The Morgan fingerprint density at radius 1 is 1.61 bits per heavy atom. The third kappa shape index (κ3) is 2.98. The zero-order valence-electron chi connectivity index (χ0n) is 11.4. The van der Waals surface area contributed by atoms with Gasteiger partial charge in [-0.1, -0.05) is 6.92 Å². The first kappa shape index (κ1) is 14.5. The van der Waals surface area contributed by atoms with Gasteiger partial charge in [-0.05, 0) is 67.2 Å². The fraction of sp³-hybridized carbons (Fsp3) is 0.714. The van der Waals surface area contributed by atoms with E-state index in [1.54, 1.807) is 0 Å². The van der Waals surface area contributed by atoms with Crippen LogP contribution in [0.2, 0.25) is 0 Å². The molecule has 0 spiro atoms. The van der Waals surface area contributed by atoms with Crippen molar-refractivity contribution in [3.05, 3.63) is 20.3 Å². The van der Waals surface area contributed by atoms with Gasteiger partial charge in [-0.15, -0.1) is 11.3 Å². The lowest BCUT2D eigenvalue weighted by atomic mass is 9.88. The molecule has 1 N–H and O–H groups in total. The number of aryl methyl sites for hydroxylation is 1. The molecule has 0 aliphatic carbocycles. The average Bonchev–Trinajstić information content (AvgIpc) is 2.87. The highest BCUT2D eigenvalue weighted by atomic mass is 79.9. The van der Waals surface area contributed by atoms with Gasteiger partial charge in [-0.25, -0.2) is 0 Å². The minimum absolute atomic E-state index is 0.0551. The van der Waals surface area contributed by atoms with Crippen molar-refractivity contribution < 1.29 is 4.74 Å². The minimum atomic E-state index is -0.0551. The number of ether oxygens (including phenoxy) is 1. The third-order valence-corrected chi connectivity index (χ3v) is 5.26. The number of nitrogens with one attached hydrogen (secondary N) is 1. The normalized spacial score (nSPS) is 25.6. The van der Waals surface area contributed by atoms with Crippen LogP contribution in [0.25, 0.3) is 0 Å². The van der Waals surface area contributed by atoms with Gasteiger partial charge in [0, 0.05) is 11.5 Å². The first-order valence-electron chi connectivity index (χ1n) is 6.70. The summed E-state index contributed by atoms with van der Waals surface area (Å²) in [4.78, 5) is 1.38. The molecule has 4 heteroatoms. The molecule has 0 aromatic carbocycles. The Kier molecular flexibility index (Phi) is 4.86. The highest BCUT2D eigenvalue weighted by Crippen LogP contribution is 2.41. The molecular weight excluding hydrogens is 310 g/mol. The predicted octanol–water partition coefficient (Wildman–Crippen LogP) is 4.43. The van der Waals surface area contributed by atoms with E-state index in [0.717, 1.165) is 26.0 Å². The molecule has 2 nitrogen and oxygen atoms in total. The smallest absolute Gasteiger partial charge is 0.0849 e. The van der Waals surface area contributed by atoms with E-state index in [-0.39, 0.29) is 5.60 Å². The second kappa shape index (κ2) is 6.04. The molecule has 1 aromatic rings. The second-order valence-electron chi connectivity index (χ2n) is 5.21. The zero-order chi connectivity index (χ0) is 13.2. The highest BCUT2D eigenvalue weighted by molar-refractivity contribution is 9.11. The summed E-state index contributed by atoms with van der Waals surface area (Å²) in [6, 6.07) is 2.56. The maximum absolute atomic E-state index is 6.05. The van der Waals surface area contributed by atoms with Crippen LogP contribution >= 0.6 is 27.3 Å². The van der Waals surface area contributed by atoms with E-state index in [1.165, 1.54) is 20.6 Å². The largest absolute Gasteiger partial charge is 0.373 e. The monoisotopic (exact) mass is 331 g/mol. The van der Waals surface area contributed by atoms with Crippen LogP contribution in [0, 0.1) is 6.92 Å². The van der Waals surface area contributed by atoms with Crippen molar-refractivity contribution in [2.24, 2.45) is 0 Å². The van der Waals surface area contributed by atoms with Crippen LogP contribution < -0.4 is 5.32 Å². The molecule has 102 valence electrons. The first-order chi connectivity index (χ1) is 8.57. The summed E-state index contributed by atoms with van der Waals surface area (Å²) in [5.41, 5.74) is 1.34. The van der Waals surface area contributed by atoms with Gasteiger partial charge in [-0.2, -0.15) is 0 Å². The molecule has 1 saturated heterocycles. The van der Waals surface area contributed by atoms with Crippen molar-refractivity contribution in [1.82, 2.24) is 5.32 Å². The van der Waals surface area contributed by atoms with Crippen molar-refractivity contribution in [2.75, 3.05) is 13.2 Å².